The fourth-order valence-electron chi connectivity index (χ4n) is 3.69. The maximum Gasteiger partial charge on any atom is 0.256 e. The van der Waals surface area contributed by atoms with E-state index < -0.39 is 11.2 Å². The topological polar surface area (TPSA) is 63.4 Å². The summed E-state index contributed by atoms with van der Waals surface area (Å²) in [6, 6.07) is 4.02. The average molecular weight is 337 g/mol. The van der Waals surface area contributed by atoms with Gasteiger partial charge in [-0.15, -0.1) is 0 Å². The van der Waals surface area contributed by atoms with E-state index in [0.29, 0.717) is 19.5 Å². The molecule has 0 bridgehead atoms. The first kappa shape index (κ1) is 16.0. The van der Waals surface area contributed by atoms with Crippen molar-refractivity contribution in [2.45, 2.75) is 20.3 Å². The van der Waals surface area contributed by atoms with Gasteiger partial charge in [0.05, 0.1) is 11.3 Å². The van der Waals surface area contributed by atoms with Gasteiger partial charge in [-0.05, 0) is 30.7 Å². The summed E-state index contributed by atoms with van der Waals surface area (Å²) in [5.74, 6) is -1.05. The molecule has 0 aromatic heterocycles. The smallest absolute Gasteiger partial charge is 0.256 e. The lowest BCUT2D eigenvalue weighted by molar-refractivity contribution is -0.127. The van der Waals surface area contributed by atoms with E-state index in [2.05, 4.69) is 0 Å². The van der Waals surface area contributed by atoms with Crippen LogP contribution in [0.2, 0.25) is 5.02 Å². The van der Waals surface area contributed by atoms with Gasteiger partial charge in [0.25, 0.3) is 5.91 Å². The van der Waals surface area contributed by atoms with E-state index in [4.69, 9.17) is 17.3 Å². The standard InChI is InChI=1S/C17H18ClFN2O2/c1-16(2)7-17(6-13(20)14(16)22)8-21(9-17)15(23)11-4-3-10(18)5-12(11)19/h3-6H,7-9,20H2,1-2H3. The first-order valence-electron chi connectivity index (χ1n) is 7.41. The SMILES string of the molecule is CC1(C)CC2(C=C(N)C1=O)CN(C(=O)c1ccc(Cl)cc1F)C2. The van der Waals surface area contributed by atoms with Crippen molar-refractivity contribution in [2.24, 2.45) is 16.6 Å². The first-order valence-corrected chi connectivity index (χ1v) is 7.79. The molecule has 2 aliphatic rings. The number of nitrogens with zero attached hydrogens (tertiary/aromatic N) is 1. The van der Waals surface area contributed by atoms with Crippen LogP contribution in [0.1, 0.15) is 30.6 Å². The van der Waals surface area contributed by atoms with Crippen LogP contribution >= 0.6 is 11.6 Å². The Hall–Kier alpha value is -1.88. The molecule has 0 saturated carbocycles. The van der Waals surface area contributed by atoms with Crippen molar-refractivity contribution in [3.05, 3.63) is 46.4 Å². The van der Waals surface area contributed by atoms with Gasteiger partial charge in [0.2, 0.25) is 0 Å². The van der Waals surface area contributed by atoms with E-state index >= 15 is 0 Å². The molecule has 4 nitrogen and oxygen atoms in total. The van der Waals surface area contributed by atoms with Crippen molar-refractivity contribution in [1.82, 2.24) is 4.90 Å². The maximum atomic E-state index is 13.9. The van der Waals surface area contributed by atoms with Crippen LogP contribution in [0.15, 0.2) is 30.0 Å². The highest BCUT2D eigenvalue weighted by molar-refractivity contribution is 6.30. The predicted octanol–water partition coefficient (Wildman–Crippen LogP) is 2.76. The van der Waals surface area contributed by atoms with Crippen molar-refractivity contribution in [2.75, 3.05) is 13.1 Å². The zero-order valence-electron chi connectivity index (χ0n) is 13.0. The van der Waals surface area contributed by atoms with Gasteiger partial charge in [-0.3, -0.25) is 9.59 Å². The Labute approximate surface area is 139 Å². The highest BCUT2D eigenvalue weighted by Crippen LogP contribution is 2.47. The van der Waals surface area contributed by atoms with Gasteiger partial charge >= 0.3 is 0 Å². The molecule has 23 heavy (non-hydrogen) atoms. The highest BCUT2D eigenvalue weighted by Gasteiger charge is 2.52. The lowest BCUT2D eigenvalue weighted by atomic mass is 9.62. The number of benzene rings is 1. The molecule has 6 heteroatoms. The molecule has 3 rings (SSSR count). The highest BCUT2D eigenvalue weighted by atomic mass is 35.5. The second-order valence-corrected chi connectivity index (χ2v) is 7.57. The number of hydrogen-bond acceptors (Lipinski definition) is 3. The van der Waals surface area contributed by atoms with Gasteiger partial charge in [0, 0.05) is 28.9 Å². The lowest BCUT2D eigenvalue weighted by Gasteiger charge is -2.53. The third kappa shape index (κ3) is 2.63. The quantitative estimate of drug-likeness (QED) is 0.857. The maximum absolute atomic E-state index is 13.9. The zero-order chi connectivity index (χ0) is 17.0. The number of nitrogens with two attached hydrogens (primary N) is 1. The minimum atomic E-state index is -0.627. The van der Waals surface area contributed by atoms with Crippen molar-refractivity contribution in [3.8, 4) is 0 Å². The molecule has 0 radical (unpaired) electrons. The first-order chi connectivity index (χ1) is 10.6. The molecule has 1 saturated heterocycles. The summed E-state index contributed by atoms with van der Waals surface area (Å²) in [5, 5.41) is 0.252. The van der Waals surface area contributed by atoms with E-state index in [1.165, 1.54) is 12.1 Å². The number of amides is 1. The molecule has 2 N–H and O–H groups in total. The van der Waals surface area contributed by atoms with E-state index in [1.54, 1.807) is 11.0 Å². The van der Waals surface area contributed by atoms with Crippen LogP contribution in [0, 0.1) is 16.6 Å². The van der Waals surface area contributed by atoms with Crippen LogP contribution in [0.5, 0.6) is 0 Å². The molecule has 0 unspecified atom stereocenters. The Balaban J connectivity index is 1.78. The molecule has 1 aliphatic carbocycles. The van der Waals surface area contributed by atoms with Crippen LogP contribution in [0.3, 0.4) is 0 Å². The monoisotopic (exact) mass is 336 g/mol. The lowest BCUT2D eigenvalue weighted by Crippen LogP contribution is -2.61. The molecule has 122 valence electrons. The summed E-state index contributed by atoms with van der Waals surface area (Å²) >= 11 is 5.71. The molecule has 1 spiro atoms. The second kappa shape index (κ2) is 5.06. The number of Topliss-reactive ketones (excluding diaryl/α,β-unsaturated/α-hetero) is 1. The number of halogens is 2. The average Bonchev–Trinajstić information content (AvgIpc) is 2.41. The summed E-state index contributed by atoms with van der Waals surface area (Å²) in [5.41, 5.74) is 5.27. The molecule has 1 aliphatic heterocycles. The Morgan fingerprint density at radius 3 is 2.57 bits per heavy atom. The minimum Gasteiger partial charge on any atom is -0.396 e. The Morgan fingerprint density at radius 2 is 2.00 bits per heavy atom. The van der Waals surface area contributed by atoms with E-state index in [-0.39, 0.29) is 33.4 Å². The molecular formula is C17H18ClFN2O2. The number of hydrogen-bond donors (Lipinski definition) is 1. The minimum absolute atomic E-state index is 0.00680. The Kier molecular flexibility index (Phi) is 3.52. The third-order valence-electron chi connectivity index (χ3n) is 4.59. The second-order valence-electron chi connectivity index (χ2n) is 7.14. The van der Waals surface area contributed by atoms with Gasteiger partial charge in [-0.2, -0.15) is 0 Å². The number of ketones is 1. The van der Waals surface area contributed by atoms with Crippen LogP contribution in [0.4, 0.5) is 4.39 Å². The van der Waals surface area contributed by atoms with Gasteiger partial charge in [0.1, 0.15) is 5.82 Å². The number of allylic oxidation sites excluding steroid dienone is 1. The number of carbonyl (C=O) groups excluding carboxylic acids is 2. The largest absolute Gasteiger partial charge is 0.396 e. The summed E-state index contributed by atoms with van der Waals surface area (Å²) in [6.07, 6.45) is 2.40. The molecule has 1 heterocycles. The van der Waals surface area contributed by atoms with E-state index in [1.807, 2.05) is 13.8 Å². The molecule has 0 atom stereocenters. The van der Waals surface area contributed by atoms with Crippen molar-refractivity contribution in [1.29, 1.82) is 0 Å². The van der Waals surface area contributed by atoms with E-state index in [9.17, 15) is 14.0 Å². The van der Waals surface area contributed by atoms with Gasteiger partial charge < -0.3 is 10.6 Å². The van der Waals surface area contributed by atoms with Crippen molar-refractivity contribution in [3.63, 3.8) is 0 Å². The molecule has 1 amide bonds. The van der Waals surface area contributed by atoms with Crippen molar-refractivity contribution >= 4 is 23.3 Å². The molecular weight excluding hydrogens is 319 g/mol. The normalized spacial score (nSPS) is 21.8. The van der Waals surface area contributed by atoms with E-state index in [0.717, 1.165) is 6.07 Å². The fourth-order valence-corrected chi connectivity index (χ4v) is 3.85. The van der Waals surface area contributed by atoms with Gasteiger partial charge in [0.15, 0.2) is 5.78 Å². The molecule has 1 aromatic rings. The molecule has 1 fully saturated rings. The summed E-state index contributed by atoms with van der Waals surface area (Å²) in [4.78, 5) is 26.0. The summed E-state index contributed by atoms with van der Waals surface area (Å²) < 4.78 is 13.9. The van der Waals surface area contributed by atoms with Crippen molar-refractivity contribution < 1.29 is 14.0 Å². The van der Waals surface area contributed by atoms with Crippen LogP contribution in [0.25, 0.3) is 0 Å². The van der Waals surface area contributed by atoms with Gasteiger partial charge in [-0.1, -0.05) is 25.4 Å². The number of likely N-dealkylation sites (tertiary alicyclic amines) is 1. The number of carbonyl (C=O) groups is 2. The van der Waals surface area contributed by atoms with Crippen LogP contribution in [-0.4, -0.2) is 29.7 Å². The van der Waals surface area contributed by atoms with Gasteiger partial charge in [-0.25, -0.2) is 4.39 Å². The summed E-state index contributed by atoms with van der Waals surface area (Å²) in [6.45, 7) is 4.59. The van der Waals surface area contributed by atoms with Crippen LogP contribution < -0.4 is 5.73 Å². The zero-order valence-corrected chi connectivity index (χ0v) is 13.8. The fraction of sp³-hybridized carbons (Fsp3) is 0.412. The Morgan fingerprint density at radius 1 is 1.35 bits per heavy atom. The molecule has 1 aromatic carbocycles. The van der Waals surface area contributed by atoms with Crippen LogP contribution in [-0.2, 0) is 4.79 Å². The summed E-state index contributed by atoms with van der Waals surface area (Å²) in [7, 11) is 0. The number of rotatable bonds is 1. The third-order valence-corrected chi connectivity index (χ3v) is 4.83. The predicted molar refractivity (Wildman–Crippen MR) is 85.4 cm³/mol. The Bertz CT molecular complexity index is 736.